The van der Waals surface area contributed by atoms with Gasteiger partial charge in [0.2, 0.25) is 5.91 Å². The van der Waals surface area contributed by atoms with E-state index in [4.69, 9.17) is 4.74 Å². The molecule has 5 nitrogen and oxygen atoms in total. The maximum absolute atomic E-state index is 12.2. The van der Waals surface area contributed by atoms with Crippen molar-refractivity contribution in [3.63, 3.8) is 0 Å². The Kier molecular flexibility index (Phi) is 5.12. The summed E-state index contributed by atoms with van der Waals surface area (Å²) in [5.41, 5.74) is 0.628. The Labute approximate surface area is 212 Å². The second-order valence-electron chi connectivity index (χ2n) is 15.1. The summed E-state index contributed by atoms with van der Waals surface area (Å²) >= 11 is 0. The van der Waals surface area contributed by atoms with Gasteiger partial charge in [-0.1, -0.05) is 34.6 Å². The molecule has 1 aliphatic heterocycles. The SMILES string of the molecule is CC(=O)N(C)C[C@H]1C[C@@H](C)[C@H]2[C@H](O1)[C@H](O)[C@@]1(C)C3CCC4C(C)(C)[C@@H](O)CC[C@@]45C[C@@]35CC[C@]21C. The summed E-state index contributed by atoms with van der Waals surface area (Å²) < 4.78 is 6.74. The molecule has 1 amide bonds. The Morgan fingerprint density at radius 3 is 2.34 bits per heavy atom. The highest BCUT2D eigenvalue weighted by Crippen LogP contribution is 2.89. The van der Waals surface area contributed by atoms with E-state index in [-0.39, 0.29) is 40.5 Å². The monoisotopic (exact) mass is 487 g/mol. The van der Waals surface area contributed by atoms with Gasteiger partial charge in [0, 0.05) is 25.9 Å². The van der Waals surface area contributed by atoms with Gasteiger partial charge in [0.1, 0.15) is 0 Å². The van der Waals surface area contributed by atoms with E-state index in [2.05, 4.69) is 34.6 Å². The summed E-state index contributed by atoms with van der Waals surface area (Å²) in [7, 11) is 1.85. The number of fused-ring (bicyclic) bond motifs is 4. The van der Waals surface area contributed by atoms with Crippen molar-refractivity contribution in [2.75, 3.05) is 13.6 Å². The molecule has 6 fully saturated rings. The first kappa shape index (κ1) is 24.7. The lowest BCUT2D eigenvalue weighted by molar-refractivity contribution is -0.182. The lowest BCUT2D eigenvalue weighted by atomic mass is 9.41. The highest BCUT2D eigenvalue weighted by molar-refractivity contribution is 5.72. The van der Waals surface area contributed by atoms with Crippen LogP contribution >= 0.6 is 0 Å². The van der Waals surface area contributed by atoms with Crippen LogP contribution in [-0.4, -0.2) is 59.0 Å². The summed E-state index contributed by atoms with van der Waals surface area (Å²) in [6, 6.07) is 0. The first-order valence-corrected chi connectivity index (χ1v) is 14.5. The van der Waals surface area contributed by atoms with E-state index in [1.165, 1.54) is 38.5 Å². The van der Waals surface area contributed by atoms with Crippen molar-refractivity contribution < 1.29 is 19.7 Å². The number of aliphatic hydroxyl groups is 2. The van der Waals surface area contributed by atoms with Crippen LogP contribution in [-0.2, 0) is 9.53 Å². The van der Waals surface area contributed by atoms with Gasteiger partial charge in [-0.05, 0) is 96.7 Å². The Morgan fingerprint density at radius 2 is 1.66 bits per heavy atom. The van der Waals surface area contributed by atoms with Crippen molar-refractivity contribution in [1.29, 1.82) is 0 Å². The molecule has 6 aliphatic rings. The summed E-state index contributed by atoms with van der Waals surface area (Å²) in [4.78, 5) is 13.6. The van der Waals surface area contributed by atoms with Crippen LogP contribution in [0.15, 0.2) is 0 Å². The van der Waals surface area contributed by atoms with Crippen molar-refractivity contribution >= 4 is 5.91 Å². The van der Waals surface area contributed by atoms with E-state index < -0.39 is 6.10 Å². The quantitative estimate of drug-likeness (QED) is 0.595. The predicted octanol–water partition coefficient (Wildman–Crippen LogP) is 4.64. The molecule has 1 heterocycles. The zero-order valence-corrected chi connectivity index (χ0v) is 23.1. The lowest BCUT2D eigenvalue weighted by Gasteiger charge is -2.63. The number of carbonyl (C=O) groups is 1. The molecule has 0 bridgehead atoms. The van der Waals surface area contributed by atoms with E-state index >= 15 is 0 Å². The van der Waals surface area contributed by atoms with Crippen LogP contribution in [0.5, 0.6) is 0 Å². The number of carbonyl (C=O) groups excluding carboxylic acids is 1. The molecule has 1 saturated heterocycles. The zero-order valence-electron chi connectivity index (χ0n) is 23.1. The van der Waals surface area contributed by atoms with E-state index in [9.17, 15) is 15.0 Å². The van der Waals surface area contributed by atoms with Crippen LogP contribution in [0.3, 0.4) is 0 Å². The molecule has 0 aromatic rings. The minimum Gasteiger partial charge on any atom is -0.393 e. The number of amides is 1. The van der Waals surface area contributed by atoms with Gasteiger partial charge in [-0.2, -0.15) is 0 Å². The van der Waals surface area contributed by atoms with Crippen LogP contribution in [0.4, 0.5) is 0 Å². The fourth-order valence-electron chi connectivity index (χ4n) is 11.9. The van der Waals surface area contributed by atoms with Gasteiger partial charge < -0.3 is 19.8 Å². The minimum absolute atomic E-state index is 0.000233. The van der Waals surface area contributed by atoms with Crippen LogP contribution in [0.2, 0.25) is 0 Å². The van der Waals surface area contributed by atoms with Gasteiger partial charge in [0.15, 0.2) is 0 Å². The lowest BCUT2D eigenvalue weighted by Crippen LogP contribution is -2.59. The normalized spacial score (nSPS) is 57.7. The second-order valence-corrected chi connectivity index (χ2v) is 15.1. The molecule has 0 aromatic heterocycles. The molecular formula is C30H49NO4. The van der Waals surface area contributed by atoms with Gasteiger partial charge >= 0.3 is 0 Å². The molecule has 6 rings (SSSR count). The molecule has 2 unspecified atom stereocenters. The molecule has 198 valence electrons. The first-order valence-electron chi connectivity index (χ1n) is 14.5. The molecule has 5 saturated carbocycles. The molecule has 2 spiro atoms. The third kappa shape index (κ3) is 2.74. The van der Waals surface area contributed by atoms with Crippen LogP contribution < -0.4 is 0 Å². The van der Waals surface area contributed by atoms with Crippen LogP contribution in [0.1, 0.15) is 92.9 Å². The molecule has 0 aromatic carbocycles. The van der Waals surface area contributed by atoms with E-state index in [1.54, 1.807) is 11.8 Å². The molecule has 5 aliphatic carbocycles. The van der Waals surface area contributed by atoms with Gasteiger partial charge in [-0.25, -0.2) is 0 Å². The summed E-state index contributed by atoms with van der Waals surface area (Å²) in [6.07, 6.45) is 8.43. The fourth-order valence-corrected chi connectivity index (χ4v) is 11.9. The average molecular weight is 488 g/mol. The standard InChI is InChI=1S/C30H49NO4/c1-17-14-19(15-31(7)18(2)32)35-24-23(17)27(5)12-13-30-16-29(30)11-10-22(33)26(3,4)20(29)8-9-21(30)28(27,6)25(24)34/h17,19-25,33-34H,8-16H2,1-7H3/t17-,19-,20?,21?,22+,23+,24+,25+,27-,28-,29-,30+/m1/s1. The smallest absolute Gasteiger partial charge is 0.219 e. The predicted molar refractivity (Wildman–Crippen MR) is 135 cm³/mol. The first-order chi connectivity index (χ1) is 16.3. The molecule has 5 heteroatoms. The third-order valence-corrected chi connectivity index (χ3v) is 13.9. The number of rotatable bonds is 2. The van der Waals surface area contributed by atoms with E-state index in [1.807, 2.05) is 7.05 Å². The minimum atomic E-state index is -0.455. The van der Waals surface area contributed by atoms with E-state index in [0.717, 1.165) is 12.8 Å². The van der Waals surface area contributed by atoms with Crippen molar-refractivity contribution in [2.24, 2.45) is 50.7 Å². The van der Waals surface area contributed by atoms with Crippen LogP contribution in [0, 0.1) is 50.7 Å². The van der Waals surface area contributed by atoms with Crippen molar-refractivity contribution in [3.8, 4) is 0 Å². The Balaban J connectivity index is 1.33. The Morgan fingerprint density at radius 1 is 1.00 bits per heavy atom. The highest BCUT2D eigenvalue weighted by Gasteiger charge is 2.84. The van der Waals surface area contributed by atoms with Crippen molar-refractivity contribution in [1.82, 2.24) is 4.90 Å². The third-order valence-electron chi connectivity index (χ3n) is 13.9. The number of ether oxygens (including phenoxy) is 1. The van der Waals surface area contributed by atoms with E-state index in [0.29, 0.717) is 41.0 Å². The topological polar surface area (TPSA) is 70.0 Å². The van der Waals surface area contributed by atoms with Crippen LogP contribution in [0.25, 0.3) is 0 Å². The summed E-state index contributed by atoms with van der Waals surface area (Å²) in [5, 5.41) is 23.1. The number of hydrogen-bond donors (Lipinski definition) is 2. The average Bonchev–Trinajstić information content (AvgIpc) is 3.41. The number of aliphatic hydroxyl groups excluding tert-OH is 2. The summed E-state index contributed by atoms with van der Waals surface area (Å²) in [6.45, 7) is 14.2. The van der Waals surface area contributed by atoms with Gasteiger partial charge in [0.05, 0.1) is 24.4 Å². The van der Waals surface area contributed by atoms with Crippen molar-refractivity contribution in [2.45, 2.75) is 117 Å². The maximum atomic E-state index is 12.2. The number of nitrogens with zero attached hydrogens (tertiary/aromatic N) is 1. The number of hydrogen-bond acceptors (Lipinski definition) is 4. The molecule has 12 atom stereocenters. The summed E-state index contributed by atoms with van der Waals surface area (Å²) in [5.74, 6) is 2.05. The maximum Gasteiger partial charge on any atom is 0.219 e. The van der Waals surface area contributed by atoms with Gasteiger partial charge in [0.25, 0.3) is 0 Å². The largest absolute Gasteiger partial charge is 0.393 e. The Hall–Kier alpha value is -0.650. The highest BCUT2D eigenvalue weighted by atomic mass is 16.5. The second kappa shape index (κ2) is 7.26. The molecule has 2 N–H and O–H groups in total. The zero-order chi connectivity index (χ0) is 25.3. The molecular weight excluding hydrogens is 438 g/mol. The number of likely N-dealkylation sites (N-methyl/N-ethyl adjacent to an activating group) is 1. The fraction of sp³-hybridized carbons (Fsp3) is 0.967. The molecule has 0 radical (unpaired) electrons. The molecule has 35 heavy (non-hydrogen) atoms. The van der Waals surface area contributed by atoms with Crippen molar-refractivity contribution in [3.05, 3.63) is 0 Å². The van der Waals surface area contributed by atoms with Gasteiger partial charge in [-0.3, -0.25) is 4.79 Å². The Bertz CT molecular complexity index is 920. The van der Waals surface area contributed by atoms with Gasteiger partial charge in [-0.15, -0.1) is 0 Å².